The van der Waals surface area contributed by atoms with Gasteiger partial charge in [0.25, 0.3) is 5.91 Å². The van der Waals surface area contributed by atoms with Crippen LogP contribution in [-0.2, 0) is 16.6 Å². The summed E-state index contributed by atoms with van der Waals surface area (Å²) in [5.74, 6) is -0.399. The largest absolute Gasteiger partial charge is 0.318 e. The van der Waals surface area contributed by atoms with Crippen molar-refractivity contribution in [2.24, 2.45) is 5.10 Å². The molecule has 0 bridgehead atoms. The van der Waals surface area contributed by atoms with Gasteiger partial charge in [0.15, 0.2) is 0 Å². The van der Waals surface area contributed by atoms with Crippen LogP contribution in [0, 0.1) is 27.7 Å². The molecule has 0 atom stereocenters. The highest BCUT2D eigenvalue weighted by molar-refractivity contribution is 7.92. The van der Waals surface area contributed by atoms with Crippen molar-refractivity contribution in [2.75, 3.05) is 10.6 Å². The Bertz CT molecular complexity index is 1640. The summed E-state index contributed by atoms with van der Waals surface area (Å²) in [4.78, 5) is 12.7. The number of aromatic nitrogens is 1. The molecule has 0 aliphatic heterocycles. The highest BCUT2D eigenvalue weighted by atomic mass is 35.5. The van der Waals surface area contributed by atoms with E-state index >= 15 is 0 Å². The number of aryl methyl sites for hydroxylation is 3. The number of nitrogens with zero attached hydrogens (tertiary/aromatic N) is 3. The molecular weight excluding hydrogens is 532 g/mol. The van der Waals surface area contributed by atoms with Gasteiger partial charge in [-0.1, -0.05) is 29.8 Å². The average molecular weight is 563 g/mol. The van der Waals surface area contributed by atoms with E-state index in [1.54, 1.807) is 54.7 Å². The fourth-order valence-electron chi connectivity index (χ4n) is 4.34. The molecule has 1 N–H and O–H groups in total. The van der Waals surface area contributed by atoms with Gasteiger partial charge < -0.3 is 4.57 Å². The van der Waals surface area contributed by atoms with E-state index in [4.69, 9.17) is 11.6 Å². The second kappa shape index (κ2) is 11.5. The highest BCUT2D eigenvalue weighted by Crippen LogP contribution is 2.23. The van der Waals surface area contributed by atoms with Crippen molar-refractivity contribution in [3.05, 3.63) is 117 Å². The summed E-state index contributed by atoms with van der Waals surface area (Å²) in [5, 5.41) is 4.74. The van der Waals surface area contributed by atoms with Crippen LogP contribution in [0.15, 0.2) is 77.9 Å². The molecular formula is C30H31ClN4O3S. The average Bonchev–Trinajstić information content (AvgIpc) is 3.17. The molecule has 9 heteroatoms. The van der Waals surface area contributed by atoms with Gasteiger partial charge in [0.1, 0.15) is 0 Å². The van der Waals surface area contributed by atoms with Gasteiger partial charge in [0, 0.05) is 33.2 Å². The lowest BCUT2D eigenvalue weighted by atomic mass is 10.1. The summed E-state index contributed by atoms with van der Waals surface area (Å²) in [6.07, 6.45) is 2.78. The van der Waals surface area contributed by atoms with Crippen molar-refractivity contribution in [2.45, 2.75) is 34.2 Å². The third-order valence-electron chi connectivity index (χ3n) is 6.65. The van der Waals surface area contributed by atoms with Crippen LogP contribution in [0.5, 0.6) is 0 Å². The predicted octanol–water partition coefficient (Wildman–Crippen LogP) is 6.09. The second-order valence-electron chi connectivity index (χ2n) is 9.57. The van der Waals surface area contributed by atoms with E-state index in [2.05, 4.69) is 47.1 Å². The van der Waals surface area contributed by atoms with Crippen molar-refractivity contribution in [3.8, 4) is 5.69 Å². The monoisotopic (exact) mass is 562 g/mol. The summed E-state index contributed by atoms with van der Waals surface area (Å²) in [6, 6.07) is 21.7. The van der Waals surface area contributed by atoms with Gasteiger partial charge in [0.2, 0.25) is 10.0 Å². The number of anilines is 1. The van der Waals surface area contributed by atoms with Crippen LogP contribution in [-0.4, -0.2) is 31.4 Å². The molecule has 39 heavy (non-hydrogen) atoms. The van der Waals surface area contributed by atoms with Gasteiger partial charge >= 0.3 is 0 Å². The number of rotatable bonds is 8. The van der Waals surface area contributed by atoms with E-state index in [1.165, 1.54) is 15.4 Å². The first kappa shape index (κ1) is 28.1. The Hall–Kier alpha value is -3.88. The van der Waals surface area contributed by atoms with Gasteiger partial charge in [-0.3, -0.25) is 9.10 Å². The number of nitrogens with one attached hydrogen (secondary N) is 1. The van der Waals surface area contributed by atoms with Crippen LogP contribution in [0.4, 0.5) is 5.69 Å². The maximum Gasteiger partial charge on any atom is 0.271 e. The normalized spacial score (nSPS) is 11.6. The van der Waals surface area contributed by atoms with E-state index in [0.29, 0.717) is 16.3 Å². The zero-order valence-corrected chi connectivity index (χ0v) is 24.1. The van der Waals surface area contributed by atoms with Crippen LogP contribution in [0.25, 0.3) is 5.69 Å². The van der Waals surface area contributed by atoms with Gasteiger partial charge in [0.05, 0.1) is 24.7 Å². The van der Waals surface area contributed by atoms with Crippen molar-refractivity contribution < 1.29 is 13.2 Å². The van der Waals surface area contributed by atoms with Crippen LogP contribution in [0.2, 0.25) is 5.02 Å². The number of hydrogen-bond donors (Lipinski definition) is 1. The number of sulfonamides is 1. The van der Waals surface area contributed by atoms with Crippen molar-refractivity contribution in [3.63, 3.8) is 0 Å². The van der Waals surface area contributed by atoms with Crippen molar-refractivity contribution >= 4 is 39.4 Å². The molecule has 0 radical (unpaired) electrons. The third-order valence-corrected chi connectivity index (χ3v) is 8.04. The maximum absolute atomic E-state index is 12.7. The smallest absolute Gasteiger partial charge is 0.271 e. The van der Waals surface area contributed by atoms with Gasteiger partial charge in [-0.25, -0.2) is 13.8 Å². The molecule has 0 saturated heterocycles. The van der Waals surface area contributed by atoms with Crippen molar-refractivity contribution in [1.82, 2.24) is 9.99 Å². The minimum absolute atomic E-state index is 0.145. The zero-order chi connectivity index (χ0) is 28.3. The van der Waals surface area contributed by atoms with E-state index in [0.717, 1.165) is 34.5 Å². The molecule has 202 valence electrons. The van der Waals surface area contributed by atoms with Gasteiger partial charge in [-0.15, -0.1) is 0 Å². The molecule has 3 aromatic carbocycles. The van der Waals surface area contributed by atoms with E-state index in [1.807, 2.05) is 19.9 Å². The summed E-state index contributed by atoms with van der Waals surface area (Å²) in [7, 11) is -3.56. The summed E-state index contributed by atoms with van der Waals surface area (Å²) >= 11 is 5.94. The minimum atomic E-state index is -3.56. The maximum atomic E-state index is 12.7. The minimum Gasteiger partial charge on any atom is -0.318 e. The summed E-state index contributed by atoms with van der Waals surface area (Å²) < 4.78 is 28.4. The van der Waals surface area contributed by atoms with Crippen LogP contribution in [0.1, 0.15) is 44.0 Å². The number of carbonyl (C=O) groups is 1. The Morgan fingerprint density at radius 3 is 2.23 bits per heavy atom. The van der Waals surface area contributed by atoms with Crippen molar-refractivity contribution in [1.29, 1.82) is 0 Å². The SMILES string of the molecule is Cc1ccc(-n2c(C)cc(/C=N\NC(=O)c3ccc(N(Cc4ccc(Cl)cc4)S(C)(=O)=O)cc3)c2C)cc1C. The number of carbonyl (C=O) groups excluding carboxylic acids is 1. The Morgan fingerprint density at radius 1 is 0.949 bits per heavy atom. The zero-order valence-electron chi connectivity index (χ0n) is 22.6. The first-order chi connectivity index (χ1) is 18.4. The summed E-state index contributed by atoms with van der Waals surface area (Å²) in [6.45, 7) is 8.38. The summed E-state index contributed by atoms with van der Waals surface area (Å²) in [5.41, 5.74) is 10.7. The molecule has 1 amide bonds. The predicted molar refractivity (Wildman–Crippen MR) is 159 cm³/mol. The van der Waals surface area contributed by atoms with E-state index in [-0.39, 0.29) is 6.54 Å². The fraction of sp³-hybridized carbons (Fsp3) is 0.200. The topological polar surface area (TPSA) is 83.8 Å². The number of hydrogen-bond acceptors (Lipinski definition) is 4. The molecule has 1 heterocycles. The Morgan fingerprint density at radius 2 is 1.62 bits per heavy atom. The molecule has 0 aliphatic carbocycles. The first-order valence-electron chi connectivity index (χ1n) is 12.4. The Labute approximate surface area is 234 Å². The molecule has 0 saturated carbocycles. The fourth-order valence-corrected chi connectivity index (χ4v) is 5.35. The standard InChI is InChI=1S/C30H31ClN4O3S/c1-20-6-13-29(16-21(20)2)35-22(3)17-26(23(35)4)18-32-33-30(36)25-9-14-28(15-10-25)34(39(5,37)38)19-24-7-11-27(31)12-8-24/h6-18H,19H2,1-5H3,(H,33,36)/b32-18-. The van der Waals surface area contributed by atoms with E-state index < -0.39 is 15.9 Å². The van der Waals surface area contributed by atoms with E-state index in [9.17, 15) is 13.2 Å². The third kappa shape index (κ3) is 6.58. The molecule has 0 spiro atoms. The number of benzene rings is 3. The lowest BCUT2D eigenvalue weighted by Crippen LogP contribution is -2.29. The molecule has 0 unspecified atom stereocenters. The van der Waals surface area contributed by atoms with Crippen LogP contribution in [0.3, 0.4) is 0 Å². The molecule has 1 aromatic heterocycles. The number of amides is 1. The van der Waals surface area contributed by atoms with Gasteiger partial charge in [-0.2, -0.15) is 5.10 Å². The lowest BCUT2D eigenvalue weighted by Gasteiger charge is -2.22. The second-order valence-corrected chi connectivity index (χ2v) is 11.9. The number of halogens is 1. The highest BCUT2D eigenvalue weighted by Gasteiger charge is 2.18. The first-order valence-corrected chi connectivity index (χ1v) is 14.6. The Balaban J connectivity index is 1.46. The molecule has 0 fully saturated rings. The molecule has 7 nitrogen and oxygen atoms in total. The van der Waals surface area contributed by atoms with Crippen LogP contribution >= 0.6 is 11.6 Å². The molecule has 4 aromatic rings. The van der Waals surface area contributed by atoms with Gasteiger partial charge in [-0.05, 0) is 99.0 Å². The van der Waals surface area contributed by atoms with Crippen LogP contribution < -0.4 is 9.73 Å². The number of hydrazone groups is 1. The quantitative estimate of drug-likeness (QED) is 0.208. The lowest BCUT2D eigenvalue weighted by molar-refractivity contribution is 0.0955. The molecule has 4 rings (SSSR count). The Kier molecular flexibility index (Phi) is 8.28. The molecule has 0 aliphatic rings.